The van der Waals surface area contributed by atoms with Crippen LogP contribution in [0.25, 0.3) is 22.0 Å². The van der Waals surface area contributed by atoms with Crippen molar-refractivity contribution >= 4 is 16.8 Å². The zero-order valence-corrected chi connectivity index (χ0v) is 11.9. The van der Waals surface area contributed by atoms with E-state index in [1.807, 2.05) is 18.2 Å². The summed E-state index contributed by atoms with van der Waals surface area (Å²) in [6.07, 6.45) is 0. The van der Waals surface area contributed by atoms with Gasteiger partial charge in [-0.1, -0.05) is 12.1 Å². The van der Waals surface area contributed by atoms with Gasteiger partial charge in [0.1, 0.15) is 17.2 Å². The average Bonchev–Trinajstić information content (AvgIpc) is 2.55. The zero-order chi connectivity index (χ0) is 16.0. The van der Waals surface area contributed by atoms with Crippen LogP contribution in [0.1, 0.15) is 5.56 Å². The van der Waals surface area contributed by atoms with Gasteiger partial charge in [0, 0.05) is 12.1 Å². The van der Waals surface area contributed by atoms with E-state index in [-0.39, 0.29) is 5.56 Å². The molecule has 114 valence electrons. The van der Waals surface area contributed by atoms with Gasteiger partial charge < -0.3 is 15.8 Å². The Balaban J connectivity index is 1.91. The van der Waals surface area contributed by atoms with E-state index in [0.29, 0.717) is 34.5 Å². The monoisotopic (exact) mass is 308 g/mol. The summed E-state index contributed by atoms with van der Waals surface area (Å²) in [4.78, 5) is 22.8. The molecule has 1 aromatic heterocycles. The molecular weight excluding hydrogens is 296 g/mol. The third-order valence-electron chi connectivity index (χ3n) is 3.76. The van der Waals surface area contributed by atoms with Crippen LogP contribution in [-0.2, 0) is 6.54 Å². The maximum atomic E-state index is 11.9. The number of urea groups is 1. The first-order chi connectivity index (χ1) is 11.1. The predicted octanol–water partition coefficient (Wildman–Crippen LogP) is 1.86. The van der Waals surface area contributed by atoms with Crippen LogP contribution < -0.4 is 21.3 Å². The molecule has 0 spiro atoms. The molecule has 0 bridgehead atoms. The highest BCUT2D eigenvalue weighted by molar-refractivity contribution is 6.01. The molecule has 2 aromatic carbocycles. The van der Waals surface area contributed by atoms with Crippen molar-refractivity contribution in [2.75, 3.05) is 0 Å². The fraction of sp³-hybridized carbons (Fsp3) is 0.0625. The number of hydrogen-bond acceptors (Lipinski definition) is 4. The molecule has 0 atom stereocenters. The van der Waals surface area contributed by atoms with Crippen molar-refractivity contribution in [2.24, 2.45) is 5.73 Å². The van der Waals surface area contributed by atoms with Gasteiger partial charge in [0.15, 0.2) is 0 Å². The van der Waals surface area contributed by atoms with Crippen molar-refractivity contribution in [1.29, 1.82) is 0 Å². The molecule has 0 aliphatic carbocycles. The maximum absolute atomic E-state index is 11.9. The number of amides is 2. The number of nitrogens with two attached hydrogens (primary N) is 1. The highest BCUT2D eigenvalue weighted by Crippen LogP contribution is 2.44. The van der Waals surface area contributed by atoms with Crippen molar-refractivity contribution < 1.29 is 9.53 Å². The van der Waals surface area contributed by atoms with E-state index < -0.39 is 6.03 Å². The number of nitrogens with one attached hydrogen (secondary N) is 2. The van der Waals surface area contributed by atoms with E-state index in [4.69, 9.17) is 10.5 Å². The summed E-state index contributed by atoms with van der Waals surface area (Å²) in [6, 6.07) is 10.2. The van der Waals surface area contributed by atoms with E-state index in [2.05, 4.69) is 15.5 Å². The van der Waals surface area contributed by atoms with Crippen molar-refractivity contribution in [1.82, 2.24) is 15.5 Å². The Morgan fingerprint density at radius 2 is 2.13 bits per heavy atom. The van der Waals surface area contributed by atoms with Crippen molar-refractivity contribution in [3.8, 4) is 22.8 Å². The van der Waals surface area contributed by atoms with E-state index in [1.165, 1.54) is 0 Å². The van der Waals surface area contributed by atoms with Gasteiger partial charge in [0.25, 0.3) is 5.56 Å². The first-order valence-electron chi connectivity index (χ1n) is 6.99. The Morgan fingerprint density at radius 3 is 2.96 bits per heavy atom. The Kier molecular flexibility index (Phi) is 2.80. The van der Waals surface area contributed by atoms with Crippen molar-refractivity contribution in [3.63, 3.8) is 0 Å². The van der Waals surface area contributed by atoms with Gasteiger partial charge in [-0.2, -0.15) is 5.10 Å². The van der Waals surface area contributed by atoms with Gasteiger partial charge in [0.05, 0.1) is 10.8 Å². The molecule has 2 heterocycles. The zero-order valence-electron chi connectivity index (χ0n) is 11.9. The smallest absolute Gasteiger partial charge is 0.312 e. The van der Waals surface area contributed by atoms with E-state index >= 15 is 0 Å². The van der Waals surface area contributed by atoms with Crippen molar-refractivity contribution in [3.05, 3.63) is 52.3 Å². The molecule has 0 saturated heterocycles. The quantitative estimate of drug-likeness (QED) is 0.525. The summed E-state index contributed by atoms with van der Waals surface area (Å²) in [7, 11) is 0. The molecule has 0 saturated carbocycles. The second-order valence-corrected chi connectivity index (χ2v) is 5.23. The number of H-pyrrole nitrogens is 1. The molecule has 0 fully saturated rings. The first kappa shape index (κ1) is 13.3. The molecule has 1 aliphatic rings. The number of carbonyl (C=O) groups is 1. The van der Waals surface area contributed by atoms with Gasteiger partial charge in [0.2, 0.25) is 0 Å². The number of hydrogen-bond donors (Lipinski definition) is 3. The summed E-state index contributed by atoms with van der Waals surface area (Å²) in [6.45, 7) is 0.302. The van der Waals surface area contributed by atoms with Gasteiger partial charge in [-0.05, 0) is 29.8 Å². The van der Waals surface area contributed by atoms with Gasteiger partial charge >= 0.3 is 6.03 Å². The lowest BCUT2D eigenvalue weighted by Gasteiger charge is -2.20. The third kappa shape index (κ3) is 2.10. The summed E-state index contributed by atoms with van der Waals surface area (Å²) in [5.74, 6) is 1.25. The normalized spacial score (nSPS) is 11.7. The lowest BCUT2D eigenvalue weighted by molar-refractivity contribution is 0.248. The molecule has 4 rings (SSSR count). The van der Waals surface area contributed by atoms with E-state index in [1.54, 1.807) is 18.2 Å². The Hall–Kier alpha value is -3.35. The molecule has 0 radical (unpaired) electrons. The topological polar surface area (TPSA) is 110 Å². The minimum atomic E-state index is -0.589. The molecule has 4 N–H and O–H groups in total. The number of aromatic amines is 1. The summed E-state index contributed by atoms with van der Waals surface area (Å²) < 4.78 is 5.88. The van der Waals surface area contributed by atoms with Crippen LogP contribution in [0.4, 0.5) is 4.79 Å². The summed E-state index contributed by atoms with van der Waals surface area (Å²) >= 11 is 0. The van der Waals surface area contributed by atoms with Crippen LogP contribution in [0, 0.1) is 0 Å². The Morgan fingerprint density at radius 1 is 1.26 bits per heavy atom. The number of nitrogens with zero attached hydrogens (tertiary/aromatic N) is 1. The predicted molar refractivity (Wildman–Crippen MR) is 84.3 cm³/mol. The van der Waals surface area contributed by atoms with Gasteiger partial charge in [-0.25, -0.2) is 9.89 Å². The number of aromatic nitrogens is 2. The second kappa shape index (κ2) is 4.84. The minimum Gasteiger partial charge on any atom is -0.456 e. The van der Waals surface area contributed by atoms with Crippen LogP contribution in [0.15, 0.2) is 41.2 Å². The summed E-state index contributed by atoms with van der Waals surface area (Å²) in [5, 5.41) is 10.5. The van der Waals surface area contributed by atoms with Gasteiger partial charge in [-0.3, -0.25) is 4.79 Å². The molecule has 3 aromatic rings. The van der Waals surface area contributed by atoms with Crippen LogP contribution >= 0.6 is 0 Å². The number of ether oxygens (including phenoxy) is 1. The fourth-order valence-electron chi connectivity index (χ4n) is 2.74. The van der Waals surface area contributed by atoms with Gasteiger partial charge in [-0.15, -0.1) is 0 Å². The van der Waals surface area contributed by atoms with Crippen LogP contribution in [0.3, 0.4) is 0 Å². The first-order valence-corrected chi connectivity index (χ1v) is 6.99. The molecule has 23 heavy (non-hydrogen) atoms. The van der Waals surface area contributed by atoms with Crippen LogP contribution in [0.5, 0.6) is 11.5 Å². The third-order valence-corrected chi connectivity index (χ3v) is 3.76. The number of fused-ring (bicyclic) bond motifs is 2. The molecule has 7 nitrogen and oxygen atoms in total. The largest absolute Gasteiger partial charge is 0.456 e. The lowest BCUT2D eigenvalue weighted by atomic mass is 9.99. The second-order valence-electron chi connectivity index (χ2n) is 5.23. The van der Waals surface area contributed by atoms with Crippen molar-refractivity contribution in [2.45, 2.75) is 6.54 Å². The maximum Gasteiger partial charge on any atom is 0.312 e. The minimum absolute atomic E-state index is 0.260. The Bertz CT molecular complexity index is 1010. The standard InChI is InChI=1S/C16H12N4O3/c17-16(22)18-7-8-4-5-11-10(6-8)14-13-9(15(21)20-19-14)2-1-3-12(13)23-11/h1-6H,7H2,(H,20,21)(H3,17,18,22). The van der Waals surface area contributed by atoms with Crippen LogP contribution in [-0.4, -0.2) is 16.2 Å². The Labute approximate surface area is 130 Å². The number of primary amides is 1. The molecule has 2 amide bonds. The lowest BCUT2D eigenvalue weighted by Crippen LogP contribution is -2.28. The molecule has 7 heteroatoms. The van der Waals surface area contributed by atoms with E-state index in [9.17, 15) is 9.59 Å². The highest BCUT2D eigenvalue weighted by Gasteiger charge is 2.22. The fourth-order valence-corrected chi connectivity index (χ4v) is 2.74. The number of carbonyl (C=O) groups excluding carboxylic acids is 1. The SMILES string of the molecule is NC(=O)NCc1ccc2c(c1)-c1n[nH]c(=O)c3cccc(c13)O2. The van der Waals surface area contributed by atoms with E-state index in [0.717, 1.165) is 11.1 Å². The molecule has 1 aliphatic heterocycles. The highest BCUT2D eigenvalue weighted by atomic mass is 16.5. The molecule has 0 unspecified atom stereocenters. The average molecular weight is 308 g/mol. The molecular formula is C16H12N4O3. The van der Waals surface area contributed by atoms with Crippen LogP contribution in [0.2, 0.25) is 0 Å². The summed E-state index contributed by atoms with van der Waals surface area (Å²) in [5.41, 5.74) is 7.09. The number of benzene rings is 2. The number of rotatable bonds is 2.